The van der Waals surface area contributed by atoms with E-state index in [4.69, 9.17) is 15.6 Å². The second-order valence-corrected chi connectivity index (χ2v) is 4.42. The fourth-order valence-electron chi connectivity index (χ4n) is 1.37. The second-order valence-electron chi connectivity index (χ2n) is 3.27. The molecule has 0 spiro atoms. The van der Waals surface area contributed by atoms with Crippen LogP contribution >= 0.6 is 11.8 Å². The third-order valence-corrected chi connectivity index (χ3v) is 3.16. The number of carboxylic acid groups (broad SMARTS) is 1. The molecule has 2 rings (SSSR count). The highest BCUT2D eigenvalue weighted by Gasteiger charge is 2.21. The minimum absolute atomic E-state index is 0.0170. The standard InChI is InChI=1S/C9H11N3O3S/c10-7-5(9(13)14)3-11-8(12-7)6-4-16-2-1-15-6/h3,6H,1-2,4H2,(H,13,14)(H2,10,11,12). The Morgan fingerprint density at radius 1 is 1.69 bits per heavy atom. The first-order chi connectivity index (χ1) is 7.68. The van der Waals surface area contributed by atoms with E-state index < -0.39 is 5.97 Å². The highest BCUT2D eigenvalue weighted by Crippen LogP contribution is 2.24. The maximum atomic E-state index is 10.7. The number of ether oxygens (including phenoxy) is 1. The third-order valence-electron chi connectivity index (χ3n) is 2.17. The zero-order chi connectivity index (χ0) is 11.5. The molecule has 86 valence electrons. The lowest BCUT2D eigenvalue weighted by Crippen LogP contribution is -2.19. The molecule has 6 nitrogen and oxygen atoms in total. The van der Waals surface area contributed by atoms with Gasteiger partial charge in [0.25, 0.3) is 0 Å². The van der Waals surface area contributed by atoms with E-state index in [1.807, 2.05) is 0 Å². The summed E-state index contributed by atoms with van der Waals surface area (Å²) >= 11 is 1.75. The highest BCUT2D eigenvalue weighted by molar-refractivity contribution is 7.99. The van der Waals surface area contributed by atoms with E-state index >= 15 is 0 Å². The van der Waals surface area contributed by atoms with Gasteiger partial charge in [-0.25, -0.2) is 14.8 Å². The van der Waals surface area contributed by atoms with Crippen LogP contribution in [0.1, 0.15) is 22.3 Å². The lowest BCUT2D eigenvalue weighted by molar-refractivity contribution is 0.0675. The smallest absolute Gasteiger partial charge is 0.341 e. The summed E-state index contributed by atoms with van der Waals surface area (Å²) in [7, 11) is 0. The van der Waals surface area contributed by atoms with Gasteiger partial charge in [-0.2, -0.15) is 11.8 Å². The van der Waals surface area contributed by atoms with Crippen LogP contribution in [0.4, 0.5) is 5.82 Å². The van der Waals surface area contributed by atoms with Crippen molar-refractivity contribution in [2.75, 3.05) is 23.8 Å². The zero-order valence-electron chi connectivity index (χ0n) is 8.42. The molecule has 0 aliphatic carbocycles. The Balaban J connectivity index is 2.23. The topological polar surface area (TPSA) is 98.3 Å². The Hall–Kier alpha value is -1.34. The van der Waals surface area contributed by atoms with Crippen LogP contribution in [0.5, 0.6) is 0 Å². The van der Waals surface area contributed by atoms with Gasteiger partial charge < -0.3 is 15.6 Å². The van der Waals surface area contributed by atoms with E-state index in [9.17, 15) is 4.79 Å². The minimum atomic E-state index is -1.12. The number of carbonyl (C=O) groups is 1. The molecule has 1 saturated heterocycles. The monoisotopic (exact) mass is 241 g/mol. The van der Waals surface area contributed by atoms with Crippen LogP contribution < -0.4 is 5.73 Å². The van der Waals surface area contributed by atoms with Gasteiger partial charge >= 0.3 is 5.97 Å². The molecule has 0 bridgehead atoms. The van der Waals surface area contributed by atoms with Crippen molar-refractivity contribution >= 4 is 23.5 Å². The number of hydrogen-bond acceptors (Lipinski definition) is 6. The predicted octanol–water partition coefficient (Wildman–Crippen LogP) is 0.561. The number of nitrogens with zero attached hydrogens (tertiary/aromatic N) is 2. The molecule has 0 aromatic carbocycles. The molecule has 0 radical (unpaired) electrons. The number of aromatic nitrogens is 2. The van der Waals surface area contributed by atoms with Gasteiger partial charge in [-0.3, -0.25) is 0 Å². The number of nitrogen functional groups attached to an aromatic ring is 1. The fourth-order valence-corrected chi connectivity index (χ4v) is 2.21. The summed E-state index contributed by atoms with van der Waals surface area (Å²) in [4.78, 5) is 18.7. The fraction of sp³-hybridized carbons (Fsp3) is 0.444. The summed E-state index contributed by atoms with van der Waals surface area (Å²) in [6, 6.07) is 0. The van der Waals surface area contributed by atoms with Crippen molar-refractivity contribution < 1.29 is 14.6 Å². The van der Waals surface area contributed by atoms with Gasteiger partial charge in [-0.05, 0) is 0 Å². The quantitative estimate of drug-likeness (QED) is 0.780. The van der Waals surface area contributed by atoms with Crippen LogP contribution in [0.25, 0.3) is 0 Å². The van der Waals surface area contributed by atoms with Gasteiger partial charge in [0.2, 0.25) is 0 Å². The van der Waals surface area contributed by atoms with Gasteiger partial charge in [0.1, 0.15) is 17.5 Å². The SMILES string of the molecule is Nc1nc(C2CSCCO2)ncc1C(=O)O. The van der Waals surface area contributed by atoms with Gasteiger partial charge in [0.05, 0.1) is 6.61 Å². The van der Waals surface area contributed by atoms with Crippen molar-refractivity contribution in [3.63, 3.8) is 0 Å². The van der Waals surface area contributed by atoms with Crippen molar-refractivity contribution in [1.82, 2.24) is 9.97 Å². The maximum absolute atomic E-state index is 10.7. The molecule has 3 N–H and O–H groups in total. The molecule has 1 unspecified atom stereocenters. The van der Waals surface area contributed by atoms with Crippen LogP contribution in [0.2, 0.25) is 0 Å². The van der Waals surface area contributed by atoms with Crippen molar-refractivity contribution in [3.05, 3.63) is 17.6 Å². The Labute approximate surface area is 96.2 Å². The van der Waals surface area contributed by atoms with Gasteiger partial charge in [0, 0.05) is 17.7 Å². The molecule has 0 amide bonds. The Bertz CT molecular complexity index is 407. The van der Waals surface area contributed by atoms with E-state index in [1.165, 1.54) is 6.20 Å². The number of nitrogens with two attached hydrogens (primary N) is 1. The van der Waals surface area contributed by atoms with Crippen molar-refractivity contribution in [2.24, 2.45) is 0 Å². The summed E-state index contributed by atoms with van der Waals surface area (Å²) in [5, 5.41) is 8.77. The normalized spacial score (nSPS) is 20.6. The predicted molar refractivity (Wildman–Crippen MR) is 59.4 cm³/mol. The molecule has 16 heavy (non-hydrogen) atoms. The molecule has 1 fully saturated rings. The third kappa shape index (κ3) is 2.25. The van der Waals surface area contributed by atoms with E-state index in [-0.39, 0.29) is 17.5 Å². The number of aromatic carboxylic acids is 1. The first kappa shape index (κ1) is 11.2. The highest BCUT2D eigenvalue weighted by atomic mass is 32.2. The molecule has 1 aromatic heterocycles. The summed E-state index contributed by atoms with van der Waals surface area (Å²) in [5.41, 5.74) is 5.46. The van der Waals surface area contributed by atoms with Crippen molar-refractivity contribution in [1.29, 1.82) is 0 Å². The van der Waals surface area contributed by atoms with Gasteiger partial charge in [0.15, 0.2) is 5.82 Å². The summed E-state index contributed by atoms with van der Waals surface area (Å²) < 4.78 is 5.47. The number of carboxylic acids is 1. The van der Waals surface area contributed by atoms with E-state index in [2.05, 4.69) is 9.97 Å². The minimum Gasteiger partial charge on any atom is -0.477 e. The molecule has 1 aromatic rings. The first-order valence-electron chi connectivity index (χ1n) is 4.73. The molecular weight excluding hydrogens is 230 g/mol. The molecule has 1 atom stereocenters. The number of rotatable bonds is 2. The Morgan fingerprint density at radius 2 is 2.50 bits per heavy atom. The Kier molecular flexibility index (Phi) is 3.25. The number of thioether (sulfide) groups is 1. The van der Waals surface area contributed by atoms with E-state index in [0.29, 0.717) is 12.4 Å². The lowest BCUT2D eigenvalue weighted by atomic mass is 10.3. The summed E-state index contributed by atoms with van der Waals surface area (Å²) in [6.07, 6.45) is 1.03. The van der Waals surface area contributed by atoms with Crippen LogP contribution in [0.3, 0.4) is 0 Å². The zero-order valence-corrected chi connectivity index (χ0v) is 9.24. The average Bonchev–Trinajstić information content (AvgIpc) is 2.29. The van der Waals surface area contributed by atoms with E-state index in [1.54, 1.807) is 11.8 Å². The van der Waals surface area contributed by atoms with Crippen LogP contribution in [0.15, 0.2) is 6.20 Å². The molecule has 1 aliphatic heterocycles. The second kappa shape index (κ2) is 4.67. The molecular formula is C9H11N3O3S. The lowest BCUT2D eigenvalue weighted by Gasteiger charge is -2.21. The first-order valence-corrected chi connectivity index (χ1v) is 5.89. The summed E-state index contributed by atoms with van der Waals surface area (Å²) in [5.74, 6) is 1.04. The molecule has 1 aliphatic rings. The van der Waals surface area contributed by atoms with Crippen LogP contribution in [-0.2, 0) is 4.74 Å². The summed E-state index contributed by atoms with van der Waals surface area (Å²) in [6.45, 7) is 0.652. The number of hydrogen-bond donors (Lipinski definition) is 2. The van der Waals surface area contributed by atoms with Crippen molar-refractivity contribution in [2.45, 2.75) is 6.10 Å². The average molecular weight is 241 g/mol. The van der Waals surface area contributed by atoms with Gasteiger partial charge in [-0.1, -0.05) is 0 Å². The Morgan fingerprint density at radius 3 is 3.06 bits per heavy atom. The molecule has 2 heterocycles. The van der Waals surface area contributed by atoms with Gasteiger partial charge in [-0.15, -0.1) is 0 Å². The molecule has 0 saturated carbocycles. The maximum Gasteiger partial charge on any atom is 0.341 e. The van der Waals surface area contributed by atoms with Crippen LogP contribution in [-0.4, -0.2) is 39.2 Å². The largest absolute Gasteiger partial charge is 0.477 e. The van der Waals surface area contributed by atoms with Crippen LogP contribution in [0, 0.1) is 0 Å². The molecule has 7 heteroatoms. The van der Waals surface area contributed by atoms with Crippen molar-refractivity contribution in [3.8, 4) is 0 Å². The number of anilines is 1. The van der Waals surface area contributed by atoms with E-state index in [0.717, 1.165) is 11.5 Å².